The lowest BCUT2D eigenvalue weighted by Crippen LogP contribution is -2.56. The van der Waals surface area contributed by atoms with E-state index in [4.69, 9.17) is 9.72 Å². The Hall–Kier alpha value is -3.49. The highest BCUT2D eigenvalue weighted by Crippen LogP contribution is 2.40. The van der Waals surface area contributed by atoms with Crippen molar-refractivity contribution in [2.24, 2.45) is 0 Å². The number of H-pyrrole nitrogens is 1. The van der Waals surface area contributed by atoms with Crippen LogP contribution in [0.25, 0.3) is 33.5 Å². The number of aromatic nitrogens is 3. The zero-order valence-electron chi connectivity index (χ0n) is 20.2. The summed E-state index contributed by atoms with van der Waals surface area (Å²) < 4.78 is 21.3. The number of ether oxygens (including phenoxy) is 1. The van der Waals surface area contributed by atoms with Gasteiger partial charge in [-0.2, -0.15) is 0 Å². The maximum absolute atomic E-state index is 15.1. The predicted molar refractivity (Wildman–Crippen MR) is 136 cm³/mol. The Morgan fingerprint density at radius 3 is 2.94 bits per heavy atom. The molecule has 2 aliphatic heterocycles. The van der Waals surface area contributed by atoms with E-state index in [1.807, 2.05) is 26.2 Å². The van der Waals surface area contributed by atoms with Crippen LogP contribution >= 0.6 is 0 Å². The summed E-state index contributed by atoms with van der Waals surface area (Å²) >= 11 is 0. The van der Waals surface area contributed by atoms with Crippen molar-refractivity contribution < 1.29 is 9.13 Å². The highest BCUT2D eigenvalue weighted by Gasteiger charge is 2.32. The van der Waals surface area contributed by atoms with Crippen molar-refractivity contribution in [2.75, 3.05) is 45.2 Å². The van der Waals surface area contributed by atoms with Crippen molar-refractivity contribution in [3.63, 3.8) is 0 Å². The van der Waals surface area contributed by atoms with Crippen LogP contribution in [0.1, 0.15) is 11.1 Å². The van der Waals surface area contributed by atoms with Gasteiger partial charge in [0.05, 0.1) is 34.5 Å². The summed E-state index contributed by atoms with van der Waals surface area (Å²) in [7, 11) is 4.01. The minimum Gasteiger partial charge on any atom is -0.489 e. The molecule has 7 nitrogen and oxygen atoms in total. The van der Waals surface area contributed by atoms with Gasteiger partial charge in [0, 0.05) is 37.9 Å². The maximum atomic E-state index is 15.1. The second-order valence-corrected chi connectivity index (χ2v) is 9.56. The maximum Gasteiger partial charge on any atom is 0.163 e. The molecule has 4 heterocycles. The third-order valence-corrected chi connectivity index (χ3v) is 7.06. The third kappa shape index (κ3) is 3.83. The van der Waals surface area contributed by atoms with Crippen LogP contribution in [0, 0.1) is 12.7 Å². The summed E-state index contributed by atoms with van der Waals surface area (Å²) in [4.78, 5) is 17.4. The molecule has 1 unspecified atom stereocenters. The molecule has 4 aromatic rings. The number of aromatic amines is 1. The number of hydrogen-bond acceptors (Lipinski definition) is 6. The Morgan fingerprint density at radius 2 is 2.11 bits per heavy atom. The van der Waals surface area contributed by atoms with E-state index < -0.39 is 0 Å². The molecule has 2 aliphatic rings. The van der Waals surface area contributed by atoms with Crippen LogP contribution in [-0.4, -0.2) is 66.2 Å². The Balaban J connectivity index is 1.38. The molecular formula is C27H29FN6O. The molecule has 0 spiro atoms. The number of piperazine rings is 1. The van der Waals surface area contributed by atoms with Crippen molar-refractivity contribution >= 4 is 16.7 Å². The van der Waals surface area contributed by atoms with Crippen molar-refractivity contribution in [1.29, 1.82) is 0 Å². The summed E-state index contributed by atoms with van der Waals surface area (Å²) in [6, 6.07) is 10.3. The summed E-state index contributed by atoms with van der Waals surface area (Å²) in [5.41, 5.74) is 6.82. The van der Waals surface area contributed by atoms with Gasteiger partial charge < -0.3 is 24.8 Å². The topological polar surface area (TPSA) is 69.3 Å². The SMILES string of the molecule is CNCc1cc(C)c(-c2ncc3[nH]cc(-c4ccc5c(c4)OCC4CN(C)CCN54)c3n2)c(F)c1. The number of fused-ring (bicyclic) bond motifs is 4. The van der Waals surface area contributed by atoms with Crippen molar-refractivity contribution in [1.82, 2.24) is 25.2 Å². The lowest BCUT2D eigenvalue weighted by Gasteiger charge is -2.44. The van der Waals surface area contributed by atoms with Crippen LogP contribution in [0.4, 0.5) is 10.1 Å². The first-order valence-electron chi connectivity index (χ1n) is 12.0. The largest absolute Gasteiger partial charge is 0.489 e. The molecule has 0 radical (unpaired) electrons. The fourth-order valence-corrected chi connectivity index (χ4v) is 5.35. The summed E-state index contributed by atoms with van der Waals surface area (Å²) in [6.07, 6.45) is 3.66. The molecule has 0 bridgehead atoms. The number of rotatable bonds is 4. The normalized spacial score (nSPS) is 17.8. The number of likely N-dealkylation sites (N-methyl/N-ethyl adjacent to an activating group) is 1. The monoisotopic (exact) mass is 472 g/mol. The van der Waals surface area contributed by atoms with Crippen LogP contribution in [0.15, 0.2) is 42.7 Å². The smallest absolute Gasteiger partial charge is 0.163 e. The molecule has 1 saturated heterocycles. The lowest BCUT2D eigenvalue weighted by molar-refractivity contribution is 0.188. The molecule has 8 heteroatoms. The first-order valence-corrected chi connectivity index (χ1v) is 12.0. The molecule has 6 rings (SSSR count). The quantitative estimate of drug-likeness (QED) is 0.469. The molecule has 35 heavy (non-hydrogen) atoms. The van der Waals surface area contributed by atoms with E-state index in [0.29, 0.717) is 30.6 Å². The zero-order valence-corrected chi connectivity index (χ0v) is 20.2. The first-order chi connectivity index (χ1) is 17.0. The van der Waals surface area contributed by atoms with E-state index in [2.05, 4.69) is 50.3 Å². The molecule has 1 fully saturated rings. The lowest BCUT2D eigenvalue weighted by atomic mass is 10.0. The first kappa shape index (κ1) is 22.0. The highest BCUT2D eigenvalue weighted by molar-refractivity contribution is 5.93. The zero-order chi connectivity index (χ0) is 24.1. The number of anilines is 1. The molecular weight excluding hydrogens is 443 g/mol. The fourth-order valence-electron chi connectivity index (χ4n) is 5.35. The van der Waals surface area contributed by atoms with Crippen LogP contribution in [0.3, 0.4) is 0 Å². The fraction of sp³-hybridized carbons (Fsp3) is 0.333. The van der Waals surface area contributed by atoms with Gasteiger partial charge in [0.25, 0.3) is 0 Å². The van der Waals surface area contributed by atoms with E-state index in [0.717, 1.165) is 64.4 Å². The number of nitrogens with zero attached hydrogens (tertiary/aromatic N) is 4. The number of hydrogen-bond donors (Lipinski definition) is 2. The van der Waals surface area contributed by atoms with E-state index in [9.17, 15) is 0 Å². The van der Waals surface area contributed by atoms with Crippen molar-refractivity contribution in [3.8, 4) is 28.3 Å². The Labute approximate surface area is 203 Å². The van der Waals surface area contributed by atoms with Crippen LogP contribution in [0.2, 0.25) is 0 Å². The second-order valence-electron chi connectivity index (χ2n) is 9.56. The van der Waals surface area contributed by atoms with Gasteiger partial charge in [-0.25, -0.2) is 14.4 Å². The summed E-state index contributed by atoms with van der Waals surface area (Å²) in [6.45, 7) is 6.24. The molecule has 2 aromatic heterocycles. The average Bonchev–Trinajstić information content (AvgIpc) is 3.26. The molecule has 2 N–H and O–H groups in total. The van der Waals surface area contributed by atoms with E-state index >= 15 is 4.39 Å². The van der Waals surface area contributed by atoms with Gasteiger partial charge >= 0.3 is 0 Å². The van der Waals surface area contributed by atoms with Crippen LogP contribution < -0.4 is 15.0 Å². The highest BCUT2D eigenvalue weighted by atomic mass is 19.1. The molecule has 1 atom stereocenters. The number of halogens is 1. The Kier molecular flexibility index (Phi) is 5.42. The van der Waals surface area contributed by atoms with Gasteiger partial charge in [0.15, 0.2) is 5.82 Å². The van der Waals surface area contributed by atoms with E-state index in [-0.39, 0.29) is 5.82 Å². The second kappa shape index (κ2) is 8.62. The minimum atomic E-state index is -0.310. The standard InChI is InChI=1S/C27H29FN6O/c1-16-8-17(11-29-2)9-21(28)25(16)27-31-13-22-26(32-27)20(12-30-22)18-4-5-23-24(10-18)35-15-19-14-33(3)6-7-34(19)23/h4-5,8-10,12-13,19,29-30H,6-7,11,14-15H2,1-3H3. The Bertz CT molecular complexity index is 1390. The van der Waals surface area contributed by atoms with Crippen LogP contribution in [0.5, 0.6) is 5.75 Å². The average molecular weight is 473 g/mol. The van der Waals surface area contributed by atoms with Crippen molar-refractivity contribution in [3.05, 3.63) is 59.7 Å². The van der Waals surface area contributed by atoms with Crippen molar-refractivity contribution in [2.45, 2.75) is 19.5 Å². The Morgan fingerprint density at radius 1 is 1.23 bits per heavy atom. The number of aryl methyl sites for hydroxylation is 1. The molecule has 180 valence electrons. The van der Waals surface area contributed by atoms with Gasteiger partial charge in [0.2, 0.25) is 0 Å². The van der Waals surface area contributed by atoms with Gasteiger partial charge in [0.1, 0.15) is 18.2 Å². The number of benzene rings is 2. The van der Waals surface area contributed by atoms with E-state index in [1.165, 1.54) is 0 Å². The van der Waals surface area contributed by atoms with Gasteiger partial charge in [-0.15, -0.1) is 0 Å². The summed E-state index contributed by atoms with van der Waals surface area (Å²) in [5, 5.41) is 3.07. The van der Waals surface area contributed by atoms with Gasteiger partial charge in [-0.05, 0) is 55.9 Å². The molecule has 0 aliphatic carbocycles. The third-order valence-electron chi connectivity index (χ3n) is 7.06. The molecule has 0 amide bonds. The number of nitrogens with one attached hydrogen (secondary N) is 2. The molecule has 2 aromatic carbocycles. The van der Waals surface area contributed by atoms with Gasteiger partial charge in [-0.1, -0.05) is 12.1 Å². The van der Waals surface area contributed by atoms with Crippen LogP contribution in [-0.2, 0) is 6.54 Å². The van der Waals surface area contributed by atoms with Gasteiger partial charge in [-0.3, -0.25) is 0 Å². The van der Waals surface area contributed by atoms with E-state index in [1.54, 1.807) is 12.3 Å². The molecule has 0 saturated carbocycles. The summed E-state index contributed by atoms with van der Waals surface area (Å²) in [5.74, 6) is 0.975. The predicted octanol–water partition coefficient (Wildman–Crippen LogP) is 3.97. The minimum absolute atomic E-state index is 0.310.